The Bertz CT molecular complexity index is 551. The molecule has 0 radical (unpaired) electrons. The van der Waals surface area contributed by atoms with Crippen molar-refractivity contribution in [3.05, 3.63) is 48.0 Å². The lowest BCUT2D eigenvalue weighted by molar-refractivity contribution is -0.0661. The summed E-state index contributed by atoms with van der Waals surface area (Å²) in [7, 11) is 0. The largest absolute Gasteiger partial charge is 0.389 e. The van der Waals surface area contributed by atoms with E-state index < -0.39 is 5.60 Å². The molecule has 0 aliphatic rings. The average molecular weight is 308 g/mol. The quantitative estimate of drug-likeness (QED) is 0.831. The molecule has 114 valence electrons. The maximum atomic E-state index is 11.2. The summed E-state index contributed by atoms with van der Waals surface area (Å²) in [6.07, 6.45) is 2.29. The molecule has 2 atom stereocenters. The molecule has 0 fully saturated rings. The number of alkyl halides is 1. The fraction of sp³-hybridized carbons (Fsp3) is 0.500. The van der Waals surface area contributed by atoms with Gasteiger partial charge in [0.05, 0.1) is 11.0 Å². The van der Waals surface area contributed by atoms with E-state index in [-0.39, 0.29) is 10.8 Å². The maximum absolute atomic E-state index is 11.2. The molecule has 0 aliphatic heterocycles. The molecule has 2 aromatic rings. The van der Waals surface area contributed by atoms with Gasteiger partial charge in [0.15, 0.2) is 0 Å². The summed E-state index contributed by atoms with van der Waals surface area (Å²) >= 11 is 6.53. The molecule has 0 amide bonds. The minimum absolute atomic E-state index is 0.252. The predicted octanol–water partition coefficient (Wildman–Crippen LogP) is 3.49. The van der Waals surface area contributed by atoms with Crippen LogP contribution < -0.4 is 0 Å². The van der Waals surface area contributed by atoms with Crippen molar-refractivity contribution in [2.24, 2.45) is 5.41 Å². The van der Waals surface area contributed by atoms with Crippen molar-refractivity contribution < 1.29 is 5.11 Å². The van der Waals surface area contributed by atoms with E-state index in [1.165, 1.54) is 6.33 Å². The molecule has 2 rings (SSSR count). The topological polar surface area (TPSA) is 61.8 Å². The Morgan fingerprint density at radius 3 is 2.43 bits per heavy atom. The van der Waals surface area contributed by atoms with E-state index >= 15 is 0 Å². The lowest BCUT2D eigenvalue weighted by atomic mass is 9.71. The van der Waals surface area contributed by atoms with Crippen molar-refractivity contribution in [1.82, 2.24) is 15.2 Å². The van der Waals surface area contributed by atoms with Gasteiger partial charge >= 0.3 is 0 Å². The summed E-state index contributed by atoms with van der Waals surface area (Å²) in [6.45, 7) is 6.04. The van der Waals surface area contributed by atoms with E-state index in [1.807, 2.05) is 51.1 Å². The SMILES string of the molecule is CC(C)(C)C(O)(Cc1ncn[nH]1)CC(Cl)c1ccccc1. The second-order valence-electron chi connectivity index (χ2n) is 6.47. The van der Waals surface area contributed by atoms with Gasteiger partial charge in [-0.05, 0) is 17.4 Å². The van der Waals surface area contributed by atoms with Crippen LogP contribution in [-0.2, 0) is 6.42 Å². The Kier molecular flexibility index (Phi) is 4.69. The standard InChI is InChI=1S/C16H22ClN3O/c1-15(2,3)16(21,10-14-18-11-19-20-14)9-13(17)12-7-5-4-6-8-12/h4-8,11,13,21H,9-10H2,1-3H3,(H,18,19,20). The zero-order chi connectivity index (χ0) is 15.5. The highest BCUT2D eigenvalue weighted by Gasteiger charge is 2.42. The van der Waals surface area contributed by atoms with Gasteiger partial charge in [-0.25, -0.2) is 4.98 Å². The monoisotopic (exact) mass is 307 g/mol. The highest BCUT2D eigenvalue weighted by Crippen LogP contribution is 2.41. The van der Waals surface area contributed by atoms with E-state index in [0.717, 1.165) is 5.56 Å². The molecule has 0 saturated carbocycles. The van der Waals surface area contributed by atoms with Crippen LogP contribution in [0.1, 0.15) is 44.0 Å². The number of rotatable bonds is 5. The van der Waals surface area contributed by atoms with Crippen LogP contribution in [-0.4, -0.2) is 25.9 Å². The first-order valence-corrected chi connectivity index (χ1v) is 7.51. The number of nitrogens with one attached hydrogen (secondary N) is 1. The molecular formula is C16H22ClN3O. The zero-order valence-electron chi connectivity index (χ0n) is 12.7. The second kappa shape index (κ2) is 6.16. The number of aromatic amines is 1. The van der Waals surface area contributed by atoms with Crippen LogP contribution in [0, 0.1) is 5.41 Å². The number of nitrogens with zero attached hydrogens (tertiary/aromatic N) is 2. The molecular weight excluding hydrogens is 286 g/mol. The van der Waals surface area contributed by atoms with Gasteiger partial charge in [-0.1, -0.05) is 51.1 Å². The summed E-state index contributed by atoms with van der Waals surface area (Å²) in [5, 5.41) is 17.6. The molecule has 1 heterocycles. The zero-order valence-corrected chi connectivity index (χ0v) is 13.4. The van der Waals surface area contributed by atoms with Crippen LogP contribution in [0.5, 0.6) is 0 Å². The highest BCUT2D eigenvalue weighted by atomic mass is 35.5. The van der Waals surface area contributed by atoms with Crippen LogP contribution in [0.2, 0.25) is 0 Å². The number of aromatic nitrogens is 3. The smallest absolute Gasteiger partial charge is 0.137 e. The van der Waals surface area contributed by atoms with Gasteiger partial charge < -0.3 is 5.11 Å². The number of benzene rings is 1. The summed E-state index contributed by atoms with van der Waals surface area (Å²) in [5.74, 6) is 0.671. The maximum Gasteiger partial charge on any atom is 0.137 e. The number of hydrogen-bond donors (Lipinski definition) is 2. The van der Waals surface area contributed by atoms with Gasteiger partial charge in [0, 0.05) is 6.42 Å². The third-order valence-electron chi connectivity index (χ3n) is 4.00. The molecule has 2 N–H and O–H groups in total. The van der Waals surface area contributed by atoms with Gasteiger partial charge in [0.2, 0.25) is 0 Å². The van der Waals surface area contributed by atoms with Crippen molar-refractivity contribution in [1.29, 1.82) is 0 Å². The average Bonchev–Trinajstić information content (AvgIpc) is 2.91. The molecule has 0 aliphatic carbocycles. The van der Waals surface area contributed by atoms with Gasteiger partial charge in [0.25, 0.3) is 0 Å². The molecule has 1 aromatic heterocycles. The molecule has 5 heteroatoms. The van der Waals surface area contributed by atoms with Gasteiger partial charge in [-0.3, -0.25) is 5.10 Å². The summed E-state index contributed by atoms with van der Waals surface area (Å²) < 4.78 is 0. The third kappa shape index (κ3) is 3.83. The van der Waals surface area contributed by atoms with Crippen LogP contribution in [0.4, 0.5) is 0 Å². The predicted molar refractivity (Wildman–Crippen MR) is 84.1 cm³/mol. The fourth-order valence-electron chi connectivity index (χ4n) is 2.31. The van der Waals surface area contributed by atoms with Crippen molar-refractivity contribution in [2.75, 3.05) is 0 Å². The van der Waals surface area contributed by atoms with Crippen LogP contribution in [0.15, 0.2) is 36.7 Å². The first-order chi connectivity index (χ1) is 9.82. The molecule has 2 unspecified atom stereocenters. The van der Waals surface area contributed by atoms with E-state index in [9.17, 15) is 5.11 Å². The molecule has 0 bridgehead atoms. The van der Waals surface area contributed by atoms with E-state index in [4.69, 9.17) is 11.6 Å². The Hall–Kier alpha value is -1.39. The van der Waals surface area contributed by atoms with Crippen molar-refractivity contribution in [2.45, 2.75) is 44.6 Å². The summed E-state index contributed by atoms with van der Waals surface area (Å²) in [5.41, 5.74) is -0.296. The Morgan fingerprint density at radius 2 is 1.90 bits per heavy atom. The molecule has 0 saturated heterocycles. The molecule has 4 nitrogen and oxygen atoms in total. The minimum atomic E-state index is -0.977. The van der Waals surface area contributed by atoms with Gasteiger partial charge in [0.1, 0.15) is 12.2 Å². The minimum Gasteiger partial charge on any atom is -0.389 e. The summed E-state index contributed by atoms with van der Waals surface area (Å²) in [4.78, 5) is 4.13. The molecule has 0 spiro atoms. The normalized spacial score (nSPS) is 16.4. The second-order valence-corrected chi connectivity index (χ2v) is 7.00. The van der Waals surface area contributed by atoms with Crippen molar-refractivity contribution in [3.63, 3.8) is 0 Å². The van der Waals surface area contributed by atoms with Gasteiger partial charge in [-0.15, -0.1) is 11.6 Å². The lowest BCUT2D eigenvalue weighted by Crippen LogP contribution is -2.46. The van der Waals surface area contributed by atoms with Crippen LogP contribution >= 0.6 is 11.6 Å². The highest BCUT2D eigenvalue weighted by molar-refractivity contribution is 6.20. The Labute approximate surface area is 130 Å². The van der Waals surface area contributed by atoms with Crippen LogP contribution in [0.3, 0.4) is 0 Å². The number of hydrogen-bond acceptors (Lipinski definition) is 3. The number of halogens is 1. The van der Waals surface area contributed by atoms with E-state index in [0.29, 0.717) is 18.7 Å². The van der Waals surface area contributed by atoms with E-state index in [2.05, 4.69) is 15.2 Å². The first kappa shape index (κ1) is 16.0. The van der Waals surface area contributed by atoms with Crippen LogP contribution in [0.25, 0.3) is 0 Å². The number of aliphatic hydroxyl groups is 1. The third-order valence-corrected chi connectivity index (χ3v) is 4.41. The fourth-order valence-corrected chi connectivity index (χ4v) is 2.71. The number of H-pyrrole nitrogens is 1. The Balaban J connectivity index is 2.20. The van der Waals surface area contributed by atoms with Crippen molar-refractivity contribution in [3.8, 4) is 0 Å². The van der Waals surface area contributed by atoms with Gasteiger partial charge in [-0.2, -0.15) is 5.10 Å². The molecule has 21 heavy (non-hydrogen) atoms. The first-order valence-electron chi connectivity index (χ1n) is 7.07. The van der Waals surface area contributed by atoms with E-state index in [1.54, 1.807) is 0 Å². The summed E-state index contributed by atoms with van der Waals surface area (Å²) in [6, 6.07) is 9.83. The molecule has 1 aromatic carbocycles. The van der Waals surface area contributed by atoms with Crippen molar-refractivity contribution >= 4 is 11.6 Å². The lowest BCUT2D eigenvalue weighted by Gasteiger charge is -2.41. The Morgan fingerprint density at radius 1 is 1.24 bits per heavy atom.